The maximum atomic E-state index is 13.0. The van der Waals surface area contributed by atoms with Crippen molar-refractivity contribution in [2.45, 2.75) is 38.6 Å². The van der Waals surface area contributed by atoms with Crippen LogP contribution < -0.4 is 4.74 Å². The Morgan fingerprint density at radius 2 is 1.69 bits per heavy atom. The number of carbonyl (C=O) groups excluding carboxylic acids is 2. The third-order valence-electron chi connectivity index (χ3n) is 5.55. The lowest BCUT2D eigenvalue weighted by Gasteiger charge is -2.25. The van der Waals surface area contributed by atoms with E-state index in [9.17, 15) is 14.7 Å². The molecule has 2 aromatic rings. The smallest absolute Gasteiger partial charge is 0.295 e. The number of methoxy groups -OCH3 is 1. The maximum Gasteiger partial charge on any atom is 0.295 e. The van der Waals surface area contributed by atoms with Crippen molar-refractivity contribution in [3.05, 3.63) is 71.3 Å². The minimum atomic E-state index is -0.673. The quantitative estimate of drug-likeness (QED) is 0.238. The summed E-state index contributed by atoms with van der Waals surface area (Å²) in [6.45, 7) is 3.62. The number of rotatable bonds is 11. The summed E-state index contributed by atoms with van der Waals surface area (Å²) in [7, 11) is 1.60. The van der Waals surface area contributed by atoms with Gasteiger partial charge in [-0.2, -0.15) is 0 Å². The molecule has 32 heavy (non-hydrogen) atoms. The molecule has 1 unspecified atom stereocenters. The van der Waals surface area contributed by atoms with Crippen LogP contribution in [0.5, 0.6) is 5.75 Å². The number of amides is 1. The Morgan fingerprint density at radius 3 is 2.34 bits per heavy atom. The fourth-order valence-electron chi connectivity index (χ4n) is 3.88. The third-order valence-corrected chi connectivity index (χ3v) is 5.55. The molecule has 1 fully saturated rings. The van der Waals surface area contributed by atoms with E-state index in [2.05, 4.69) is 6.92 Å². The van der Waals surface area contributed by atoms with E-state index < -0.39 is 17.7 Å². The molecular weight excluding hydrogens is 406 g/mol. The van der Waals surface area contributed by atoms with Crippen molar-refractivity contribution in [3.63, 3.8) is 0 Å². The van der Waals surface area contributed by atoms with Crippen LogP contribution in [0.1, 0.15) is 49.8 Å². The summed E-state index contributed by atoms with van der Waals surface area (Å²) in [6, 6.07) is 15.6. The number of aliphatic hydroxyl groups excluding tert-OH is 1. The summed E-state index contributed by atoms with van der Waals surface area (Å²) in [5, 5.41) is 11.1. The van der Waals surface area contributed by atoms with Gasteiger partial charge in [-0.1, -0.05) is 50.1 Å². The number of unbranched alkanes of at least 4 members (excludes halogenated alkanes) is 2. The molecule has 6 nitrogen and oxygen atoms in total. The molecule has 1 aliphatic rings. The van der Waals surface area contributed by atoms with E-state index in [1.165, 1.54) is 4.90 Å². The number of likely N-dealkylation sites (tertiary alicyclic amines) is 1. The fraction of sp³-hybridized carbons (Fsp3) is 0.385. The second-order valence-electron chi connectivity index (χ2n) is 7.83. The highest BCUT2D eigenvalue weighted by molar-refractivity contribution is 6.46. The number of aliphatic hydroxyl groups is 1. The molecule has 0 aromatic heterocycles. The normalized spacial score (nSPS) is 17.7. The number of nitrogens with zero attached hydrogens (tertiary/aromatic N) is 1. The van der Waals surface area contributed by atoms with Gasteiger partial charge in [-0.15, -0.1) is 0 Å². The summed E-state index contributed by atoms with van der Waals surface area (Å²) in [6.07, 6.45) is 3.82. The van der Waals surface area contributed by atoms with Crippen LogP contribution in [0.2, 0.25) is 0 Å². The number of hydrogen-bond acceptors (Lipinski definition) is 5. The van der Waals surface area contributed by atoms with Crippen molar-refractivity contribution < 1.29 is 24.2 Å². The van der Waals surface area contributed by atoms with Crippen molar-refractivity contribution in [1.82, 2.24) is 4.90 Å². The number of hydrogen-bond donors (Lipinski definition) is 1. The highest BCUT2D eigenvalue weighted by Crippen LogP contribution is 2.39. The molecule has 1 saturated heterocycles. The van der Waals surface area contributed by atoms with Gasteiger partial charge in [0.1, 0.15) is 11.5 Å². The molecule has 0 bridgehead atoms. The van der Waals surface area contributed by atoms with Crippen LogP contribution >= 0.6 is 0 Å². The standard InChI is InChI=1S/C26H31NO5/c1-3-4-8-18-32-21-14-12-20(13-15-21)24(28)22-23(19-10-6-5-7-11-19)27(16-9-17-31-2)26(30)25(22)29/h5-7,10-15,23,28H,3-4,8-9,16-18H2,1-2H3/b24-22-. The molecule has 1 amide bonds. The molecule has 0 aliphatic carbocycles. The first-order valence-electron chi connectivity index (χ1n) is 11.1. The van der Waals surface area contributed by atoms with Crippen LogP contribution in [0.4, 0.5) is 0 Å². The molecule has 0 spiro atoms. The van der Waals surface area contributed by atoms with E-state index in [0.29, 0.717) is 37.5 Å². The lowest BCUT2D eigenvalue weighted by atomic mass is 9.95. The van der Waals surface area contributed by atoms with E-state index >= 15 is 0 Å². The van der Waals surface area contributed by atoms with Crippen LogP contribution in [0.15, 0.2) is 60.2 Å². The van der Waals surface area contributed by atoms with Gasteiger partial charge in [0, 0.05) is 25.8 Å². The van der Waals surface area contributed by atoms with Crippen LogP contribution in [0.25, 0.3) is 5.76 Å². The minimum absolute atomic E-state index is 0.107. The summed E-state index contributed by atoms with van der Waals surface area (Å²) < 4.78 is 10.8. The number of ketones is 1. The van der Waals surface area contributed by atoms with Crippen molar-refractivity contribution in [3.8, 4) is 5.75 Å². The van der Waals surface area contributed by atoms with Gasteiger partial charge in [0.15, 0.2) is 0 Å². The van der Waals surface area contributed by atoms with Gasteiger partial charge in [-0.3, -0.25) is 9.59 Å². The number of Topliss-reactive ketones (excluding diaryl/α,β-unsaturated/α-hetero) is 1. The second kappa shape index (κ2) is 11.5. The largest absolute Gasteiger partial charge is 0.507 e. The molecule has 1 aliphatic heterocycles. The molecule has 3 rings (SSSR count). The van der Waals surface area contributed by atoms with Gasteiger partial charge in [0.05, 0.1) is 18.2 Å². The van der Waals surface area contributed by atoms with E-state index in [1.807, 2.05) is 30.3 Å². The predicted molar refractivity (Wildman–Crippen MR) is 123 cm³/mol. The summed E-state index contributed by atoms with van der Waals surface area (Å²) in [4.78, 5) is 27.3. The van der Waals surface area contributed by atoms with Gasteiger partial charge in [-0.25, -0.2) is 0 Å². The Bertz CT molecular complexity index is 936. The molecule has 0 saturated carbocycles. The Balaban J connectivity index is 1.91. The zero-order valence-corrected chi connectivity index (χ0v) is 18.8. The maximum absolute atomic E-state index is 13.0. The van der Waals surface area contributed by atoms with E-state index in [-0.39, 0.29) is 11.3 Å². The molecule has 170 valence electrons. The molecule has 1 N–H and O–H groups in total. The van der Waals surface area contributed by atoms with Gasteiger partial charge in [0.25, 0.3) is 11.7 Å². The molecule has 0 radical (unpaired) electrons. The molecular formula is C26H31NO5. The zero-order valence-electron chi connectivity index (χ0n) is 18.8. The van der Waals surface area contributed by atoms with Gasteiger partial charge < -0.3 is 19.5 Å². The van der Waals surface area contributed by atoms with Crippen LogP contribution in [0.3, 0.4) is 0 Å². The zero-order chi connectivity index (χ0) is 22.9. The average Bonchev–Trinajstić information content (AvgIpc) is 3.07. The first kappa shape index (κ1) is 23.5. The van der Waals surface area contributed by atoms with E-state index in [4.69, 9.17) is 9.47 Å². The van der Waals surface area contributed by atoms with Crippen molar-refractivity contribution in [2.24, 2.45) is 0 Å². The van der Waals surface area contributed by atoms with Crippen molar-refractivity contribution in [2.75, 3.05) is 26.9 Å². The Hall–Kier alpha value is -3.12. The van der Waals surface area contributed by atoms with Crippen LogP contribution in [-0.4, -0.2) is 48.6 Å². The molecule has 2 aromatic carbocycles. The SMILES string of the molecule is CCCCCOc1ccc(/C(O)=C2/C(=O)C(=O)N(CCCOC)C2c2ccccc2)cc1. The Morgan fingerprint density at radius 1 is 0.969 bits per heavy atom. The van der Waals surface area contributed by atoms with Gasteiger partial charge >= 0.3 is 0 Å². The monoisotopic (exact) mass is 437 g/mol. The van der Waals surface area contributed by atoms with Gasteiger partial charge in [-0.05, 0) is 42.7 Å². The van der Waals surface area contributed by atoms with Crippen LogP contribution in [-0.2, 0) is 14.3 Å². The third kappa shape index (κ3) is 5.37. The Labute approximate surface area is 189 Å². The van der Waals surface area contributed by atoms with Crippen LogP contribution in [0, 0.1) is 0 Å². The number of ether oxygens (including phenoxy) is 2. The average molecular weight is 438 g/mol. The first-order chi connectivity index (χ1) is 15.6. The Kier molecular flexibility index (Phi) is 8.45. The highest BCUT2D eigenvalue weighted by Gasteiger charge is 2.45. The van der Waals surface area contributed by atoms with E-state index in [1.54, 1.807) is 31.4 Å². The summed E-state index contributed by atoms with van der Waals surface area (Å²) >= 11 is 0. The predicted octanol–water partition coefficient (Wildman–Crippen LogP) is 4.71. The molecule has 1 atom stereocenters. The van der Waals surface area contributed by atoms with Crippen molar-refractivity contribution >= 4 is 17.4 Å². The van der Waals surface area contributed by atoms with Gasteiger partial charge in [0.2, 0.25) is 0 Å². The summed E-state index contributed by atoms with van der Waals surface area (Å²) in [5.41, 5.74) is 1.36. The number of carbonyl (C=O) groups is 2. The lowest BCUT2D eigenvalue weighted by Crippen LogP contribution is -2.31. The topological polar surface area (TPSA) is 76.1 Å². The lowest BCUT2D eigenvalue weighted by molar-refractivity contribution is -0.140. The highest BCUT2D eigenvalue weighted by atomic mass is 16.5. The second-order valence-corrected chi connectivity index (χ2v) is 7.83. The minimum Gasteiger partial charge on any atom is -0.507 e. The number of benzene rings is 2. The molecule has 6 heteroatoms. The summed E-state index contributed by atoms with van der Waals surface area (Å²) in [5.74, 6) is -0.748. The fourth-order valence-corrected chi connectivity index (χ4v) is 3.88. The van der Waals surface area contributed by atoms with E-state index in [0.717, 1.165) is 24.8 Å². The van der Waals surface area contributed by atoms with Crippen molar-refractivity contribution in [1.29, 1.82) is 0 Å². The first-order valence-corrected chi connectivity index (χ1v) is 11.1. The molecule has 1 heterocycles.